The molecule has 1 fully saturated rings. The monoisotopic (exact) mass is 578 g/mol. The van der Waals surface area contributed by atoms with Gasteiger partial charge in [-0.1, -0.05) is 6.07 Å². The van der Waals surface area contributed by atoms with Gasteiger partial charge in [-0.15, -0.1) is 0 Å². The molecule has 0 aliphatic carbocycles. The summed E-state index contributed by atoms with van der Waals surface area (Å²) in [5.41, 5.74) is 1.22. The van der Waals surface area contributed by atoms with Crippen LogP contribution in [0.25, 0.3) is 0 Å². The Balaban J connectivity index is 1.42. The maximum Gasteiger partial charge on any atom is 0.276 e. The van der Waals surface area contributed by atoms with Crippen LogP contribution in [-0.2, 0) is 22.6 Å². The standard InChI is InChI=1S/C30H31FN4O7/c1-40-25-6-4-18-5-7-27(37)33-15-19-11-20(31)14-21(12-19)42-24-8-10-35(30(39)29-23(36)3-2-9-32-29)16-22(24)34-28(38)17-41-26(25)13-18/h2-4,6,9,11-14,22,24,36H,5,7-8,10,15-17H2,1H3,(H,33,37)(H,34,38)/t22-,24-/m1/s1. The summed E-state index contributed by atoms with van der Waals surface area (Å²) in [5, 5.41) is 15.9. The number of rotatable bonds is 2. The quantitative estimate of drug-likeness (QED) is 0.421. The number of amides is 3. The number of likely N-dealkylation sites (tertiary alicyclic amines) is 1. The van der Waals surface area contributed by atoms with Crippen LogP contribution in [0, 0.1) is 5.82 Å². The summed E-state index contributed by atoms with van der Waals surface area (Å²) in [7, 11) is 1.49. The molecule has 2 aliphatic rings. The first-order valence-electron chi connectivity index (χ1n) is 13.5. The molecule has 2 aliphatic heterocycles. The number of aromatic hydroxyl groups is 1. The van der Waals surface area contributed by atoms with Crippen LogP contribution in [0.4, 0.5) is 4.39 Å². The Morgan fingerprint density at radius 3 is 2.79 bits per heavy atom. The number of nitrogens with one attached hydrogen (secondary N) is 2. The van der Waals surface area contributed by atoms with Crippen molar-refractivity contribution in [2.24, 2.45) is 0 Å². The van der Waals surface area contributed by atoms with E-state index in [0.29, 0.717) is 29.9 Å². The number of hydrogen-bond acceptors (Lipinski definition) is 8. The molecule has 0 saturated carbocycles. The normalized spacial score (nSPS) is 19.5. The number of aryl methyl sites for hydroxylation is 1. The highest BCUT2D eigenvalue weighted by Crippen LogP contribution is 2.29. The molecule has 5 rings (SSSR count). The van der Waals surface area contributed by atoms with Gasteiger partial charge in [0, 0.05) is 44.7 Å². The van der Waals surface area contributed by atoms with E-state index in [1.165, 1.54) is 42.5 Å². The number of fused-ring (bicyclic) bond motifs is 5. The minimum Gasteiger partial charge on any atom is -0.505 e. The summed E-state index contributed by atoms with van der Waals surface area (Å²) in [5.74, 6) is -0.979. The number of aromatic nitrogens is 1. The van der Waals surface area contributed by atoms with Crippen molar-refractivity contribution in [3.05, 3.63) is 77.4 Å². The fraction of sp³-hybridized carbons (Fsp3) is 0.333. The van der Waals surface area contributed by atoms with Gasteiger partial charge in [0.2, 0.25) is 5.91 Å². The number of methoxy groups -OCH3 is 1. The molecule has 1 saturated heterocycles. The first-order valence-corrected chi connectivity index (χ1v) is 13.5. The molecular weight excluding hydrogens is 547 g/mol. The molecule has 12 heteroatoms. The van der Waals surface area contributed by atoms with Crippen LogP contribution in [0.2, 0.25) is 0 Å². The van der Waals surface area contributed by atoms with Crippen LogP contribution in [0.1, 0.15) is 34.5 Å². The van der Waals surface area contributed by atoms with Crippen molar-refractivity contribution < 1.29 is 38.1 Å². The Morgan fingerprint density at radius 1 is 1.12 bits per heavy atom. The van der Waals surface area contributed by atoms with Gasteiger partial charge >= 0.3 is 0 Å². The predicted octanol–water partition coefficient (Wildman–Crippen LogP) is 2.35. The molecule has 2 atom stereocenters. The maximum absolute atomic E-state index is 14.5. The Labute approximate surface area is 241 Å². The number of nitrogens with zero attached hydrogens (tertiary/aromatic N) is 2. The molecule has 3 N–H and O–H groups in total. The van der Waals surface area contributed by atoms with Crippen LogP contribution >= 0.6 is 0 Å². The zero-order valence-corrected chi connectivity index (χ0v) is 23.0. The summed E-state index contributed by atoms with van der Waals surface area (Å²) in [6.45, 7) is 0.0279. The molecule has 11 nitrogen and oxygen atoms in total. The van der Waals surface area contributed by atoms with Crippen molar-refractivity contribution in [1.82, 2.24) is 20.5 Å². The van der Waals surface area contributed by atoms with Crippen LogP contribution in [0.3, 0.4) is 0 Å². The predicted molar refractivity (Wildman–Crippen MR) is 148 cm³/mol. The molecule has 0 unspecified atom stereocenters. The van der Waals surface area contributed by atoms with Gasteiger partial charge in [0.1, 0.15) is 23.4 Å². The van der Waals surface area contributed by atoms with Crippen LogP contribution in [0.5, 0.6) is 23.0 Å². The van der Waals surface area contributed by atoms with Gasteiger partial charge < -0.3 is 34.9 Å². The van der Waals surface area contributed by atoms with E-state index < -0.39 is 29.8 Å². The second kappa shape index (κ2) is 12.8. The fourth-order valence-corrected chi connectivity index (χ4v) is 5.00. The number of halogens is 1. The molecule has 4 bridgehead atoms. The third-order valence-corrected chi connectivity index (χ3v) is 7.11. The molecule has 1 aromatic heterocycles. The van der Waals surface area contributed by atoms with Gasteiger partial charge in [-0.3, -0.25) is 14.4 Å². The van der Waals surface area contributed by atoms with Gasteiger partial charge in [0.25, 0.3) is 11.8 Å². The highest BCUT2D eigenvalue weighted by Gasteiger charge is 2.35. The lowest BCUT2D eigenvalue weighted by Crippen LogP contribution is -2.58. The van der Waals surface area contributed by atoms with Gasteiger partial charge in [-0.05, 0) is 53.9 Å². The van der Waals surface area contributed by atoms with Crippen LogP contribution in [-0.4, -0.2) is 71.7 Å². The Hall–Kier alpha value is -4.87. The highest BCUT2D eigenvalue weighted by atomic mass is 19.1. The molecule has 3 aromatic rings. The van der Waals surface area contributed by atoms with Crippen molar-refractivity contribution in [1.29, 1.82) is 0 Å². The third kappa shape index (κ3) is 6.88. The fourth-order valence-electron chi connectivity index (χ4n) is 5.00. The summed E-state index contributed by atoms with van der Waals surface area (Å²) < 4.78 is 31.8. The molecule has 0 radical (unpaired) electrons. The Morgan fingerprint density at radius 2 is 1.98 bits per heavy atom. The number of benzene rings is 2. The summed E-state index contributed by atoms with van der Waals surface area (Å²) in [6, 6.07) is 11.6. The van der Waals surface area contributed by atoms with Crippen LogP contribution in [0.15, 0.2) is 54.7 Å². The molecular formula is C30H31FN4O7. The van der Waals surface area contributed by atoms with Gasteiger partial charge in [0.05, 0.1) is 13.2 Å². The summed E-state index contributed by atoms with van der Waals surface area (Å²) >= 11 is 0. The molecule has 2 aromatic carbocycles. The average Bonchev–Trinajstić information content (AvgIpc) is 2.98. The lowest BCUT2D eigenvalue weighted by Gasteiger charge is -2.38. The number of carbonyl (C=O) groups is 3. The Kier molecular flexibility index (Phi) is 8.70. The van der Waals surface area contributed by atoms with E-state index in [-0.39, 0.29) is 55.8 Å². The van der Waals surface area contributed by atoms with E-state index >= 15 is 0 Å². The summed E-state index contributed by atoms with van der Waals surface area (Å²) in [6.07, 6.45) is 1.68. The van der Waals surface area contributed by atoms with E-state index in [4.69, 9.17) is 14.2 Å². The minimum absolute atomic E-state index is 0.0439. The van der Waals surface area contributed by atoms with E-state index in [0.717, 1.165) is 5.56 Å². The maximum atomic E-state index is 14.5. The van der Waals surface area contributed by atoms with Gasteiger partial charge in [-0.25, -0.2) is 9.37 Å². The van der Waals surface area contributed by atoms with Crippen molar-refractivity contribution in [3.63, 3.8) is 0 Å². The van der Waals surface area contributed by atoms with E-state index in [2.05, 4.69) is 15.6 Å². The van der Waals surface area contributed by atoms with Crippen molar-refractivity contribution in [2.45, 2.75) is 38.0 Å². The molecule has 42 heavy (non-hydrogen) atoms. The highest BCUT2D eigenvalue weighted by molar-refractivity contribution is 5.95. The largest absolute Gasteiger partial charge is 0.505 e. The van der Waals surface area contributed by atoms with Crippen molar-refractivity contribution >= 4 is 17.7 Å². The van der Waals surface area contributed by atoms with Crippen molar-refractivity contribution in [2.75, 3.05) is 26.8 Å². The molecule has 220 valence electrons. The van der Waals surface area contributed by atoms with E-state index in [1.807, 2.05) is 6.07 Å². The first-order chi connectivity index (χ1) is 20.3. The minimum atomic E-state index is -0.705. The zero-order chi connectivity index (χ0) is 29.6. The molecule has 0 spiro atoms. The lowest BCUT2D eigenvalue weighted by molar-refractivity contribution is -0.125. The average molecular weight is 579 g/mol. The smallest absolute Gasteiger partial charge is 0.276 e. The second-order valence-corrected chi connectivity index (χ2v) is 10.1. The number of carbonyl (C=O) groups excluding carboxylic acids is 3. The van der Waals surface area contributed by atoms with Gasteiger partial charge in [0.15, 0.2) is 23.8 Å². The summed E-state index contributed by atoms with van der Waals surface area (Å²) in [4.78, 5) is 44.3. The lowest BCUT2D eigenvalue weighted by atomic mass is 10.0. The Bertz CT molecular complexity index is 1480. The van der Waals surface area contributed by atoms with Crippen LogP contribution < -0.4 is 24.8 Å². The number of pyridine rings is 1. The number of ether oxygens (including phenoxy) is 3. The molecule has 3 heterocycles. The van der Waals surface area contributed by atoms with Gasteiger partial charge in [-0.2, -0.15) is 0 Å². The first kappa shape index (κ1) is 28.7. The number of piperidine rings is 1. The topological polar surface area (TPSA) is 139 Å². The van der Waals surface area contributed by atoms with E-state index in [1.54, 1.807) is 18.2 Å². The third-order valence-electron chi connectivity index (χ3n) is 7.11. The SMILES string of the molecule is COc1ccc2cc1OCC(=O)N[C@@H]1CN(C(=O)c3ncccc3O)CC[C@H]1Oc1cc(F)cc(c1)CNC(=O)CC2. The molecule has 3 amide bonds. The second-order valence-electron chi connectivity index (χ2n) is 10.1. The number of hydrogen-bond donors (Lipinski definition) is 3. The zero-order valence-electron chi connectivity index (χ0n) is 23.0. The van der Waals surface area contributed by atoms with Crippen molar-refractivity contribution in [3.8, 4) is 23.0 Å². The van der Waals surface area contributed by atoms with E-state index in [9.17, 15) is 23.9 Å².